The van der Waals surface area contributed by atoms with Gasteiger partial charge in [-0.3, -0.25) is 4.79 Å². The van der Waals surface area contributed by atoms with Crippen molar-refractivity contribution < 1.29 is 14.3 Å². The first kappa shape index (κ1) is 20.1. The molecule has 0 aliphatic carbocycles. The van der Waals surface area contributed by atoms with E-state index in [1.54, 1.807) is 6.92 Å². The molecule has 5 heteroatoms. The fourth-order valence-electron chi connectivity index (χ4n) is 2.49. The van der Waals surface area contributed by atoms with Crippen molar-refractivity contribution in [2.24, 2.45) is 0 Å². The number of halogens is 1. The van der Waals surface area contributed by atoms with Crippen LogP contribution in [0.2, 0.25) is 5.02 Å². The molecule has 2 aromatic rings. The van der Waals surface area contributed by atoms with Crippen molar-refractivity contribution in [3.05, 3.63) is 58.1 Å². The molecule has 140 valence electrons. The number of aryl methyl sites for hydroxylation is 3. The average Bonchev–Trinajstić information content (AvgIpc) is 2.59. The fourth-order valence-corrected chi connectivity index (χ4v) is 2.60. The molecule has 1 N–H and O–H groups in total. The molecule has 0 spiro atoms. The van der Waals surface area contributed by atoms with Crippen LogP contribution >= 0.6 is 11.6 Å². The lowest BCUT2D eigenvalue weighted by Gasteiger charge is -2.20. The Morgan fingerprint density at radius 2 is 1.62 bits per heavy atom. The Morgan fingerprint density at radius 3 is 2.19 bits per heavy atom. The molecule has 0 aromatic heterocycles. The van der Waals surface area contributed by atoms with E-state index in [9.17, 15) is 4.79 Å². The Morgan fingerprint density at radius 1 is 1.04 bits per heavy atom. The second-order valence-electron chi connectivity index (χ2n) is 6.66. The van der Waals surface area contributed by atoms with E-state index in [-0.39, 0.29) is 11.9 Å². The Labute approximate surface area is 160 Å². The van der Waals surface area contributed by atoms with Crippen molar-refractivity contribution in [3.8, 4) is 11.5 Å². The molecule has 0 radical (unpaired) electrons. The van der Waals surface area contributed by atoms with Crippen LogP contribution in [0, 0.1) is 20.8 Å². The summed E-state index contributed by atoms with van der Waals surface area (Å²) in [4.78, 5) is 12.3. The molecule has 0 aliphatic heterocycles. The highest BCUT2D eigenvalue weighted by Crippen LogP contribution is 2.26. The van der Waals surface area contributed by atoms with E-state index in [1.807, 2.05) is 64.1 Å². The van der Waals surface area contributed by atoms with Crippen LogP contribution in [0.3, 0.4) is 0 Å². The average molecular weight is 376 g/mol. The van der Waals surface area contributed by atoms with E-state index >= 15 is 0 Å². The molecule has 4 nitrogen and oxygen atoms in total. The Balaban J connectivity index is 1.85. The van der Waals surface area contributed by atoms with Crippen molar-refractivity contribution in [2.75, 3.05) is 6.61 Å². The van der Waals surface area contributed by atoms with Gasteiger partial charge in [-0.05, 0) is 70.0 Å². The predicted octanol–water partition coefficient (Wildman–Crippen LogP) is 4.62. The van der Waals surface area contributed by atoms with Gasteiger partial charge in [0.05, 0.1) is 6.04 Å². The molecular formula is C21H26ClNO3. The molecule has 0 aliphatic rings. The smallest absolute Gasteiger partial charge is 0.261 e. The molecule has 2 aromatic carbocycles. The highest BCUT2D eigenvalue weighted by Gasteiger charge is 2.18. The first-order valence-corrected chi connectivity index (χ1v) is 9.07. The van der Waals surface area contributed by atoms with E-state index in [2.05, 4.69) is 5.32 Å². The van der Waals surface area contributed by atoms with Gasteiger partial charge in [0.1, 0.15) is 18.1 Å². The topological polar surface area (TPSA) is 47.6 Å². The predicted molar refractivity (Wildman–Crippen MR) is 105 cm³/mol. The molecule has 0 saturated carbocycles. The summed E-state index contributed by atoms with van der Waals surface area (Å²) >= 11 is 6.16. The summed E-state index contributed by atoms with van der Waals surface area (Å²) in [6.07, 6.45) is -0.614. The normalized spacial score (nSPS) is 13.0. The lowest BCUT2D eigenvalue weighted by atomic mass is 10.1. The third-order valence-electron chi connectivity index (χ3n) is 4.00. The summed E-state index contributed by atoms with van der Waals surface area (Å²) in [6.45, 7) is 9.87. The fraction of sp³-hybridized carbons (Fsp3) is 0.381. The van der Waals surface area contributed by atoms with Crippen LogP contribution in [0.4, 0.5) is 0 Å². The quantitative estimate of drug-likeness (QED) is 0.768. The number of ether oxygens (including phenoxy) is 2. The Kier molecular flexibility index (Phi) is 6.92. The Hall–Kier alpha value is -2.20. The minimum absolute atomic E-state index is 0.136. The standard InChI is InChI=1S/C21H26ClNO3/c1-13-6-8-18(9-7-13)25-12-16(4)23-21(24)17(5)26-19-10-14(2)20(22)15(3)11-19/h6-11,16-17H,12H2,1-5H3,(H,23,24)/t16-,17+/m1/s1. The van der Waals surface area contributed by atoms with Crippen molar-refractivity contribution in [1.82, 2.24) is 5.32 Å². The zero-order valence-electron chi connectivity index (χ0n) is 15.9. The van der Waals surface area contributed by atoms with Crippen LogP contribution in [-0.2, 0) is 4.79 Å². The summed E-state index contributed by atoms with van der Waals surface area (Å²) < 4.78 is 11.5. The molecule has 26 heavy (non-hydrogen) atoms. The molecule has 0 bridgehead atoms. The second-order valence-corrected chi connectivity index (χ2v) is 7.04. The number of hydrogen-bond acceptors (Lipinski definition) is 3. The van der Waals surface area contributed by atoms with Crippen LogP contribution in [0.15, 0.2) is 36.4 Å². The first-order valence-electron chi connectivity index (χ1n) is 8.69. The number of carbonyl (C=O) groups excluding carboxylic acids is 1. The molecule has 1 amide bonds. The van der Waals surface area contributed by atoms with Crippen LogP contribution in [0.25, 0.3) is 0 Å². The molecular weight excluding hydrogens is 350 g/mol. The monoisotopic (exact) mass is 375 g/mol. The zero-order chi connectivity index (χ0) is 19.3. The summed E-state index contributed by atoms with van der Waals surface area (Å²) in [7, 11) is 0. The van der Waals surface area contributed by atoms with E-state index < -0.39 is 6.10 Å². The third kappa shape index (κ3) is 5.67. The maximum Gasteiger partial charge on any atom is 0.261 e. The van der Waals surface area contributed by atoms with Crippen molar-refractivity contribution in [3.63, 3.8) is 0 Å². The molecule has 0 saturated heterocycles. The van der Waals surface area contributed by atoms with Crippen LogP contribution in [-0.4, -0.2) is 24.7 Å². The number of amides is 1. The van der Waals surface area contributed by atoms with Crippen molar-refractivity contribution >= 4 is 17.5 Å². The minimum atomic E-state index is -0.614. The van der Waals surface area contributed by atoms with E-state index in [0.717, 1.165) is 21.9 Å². The van der Waals surface area contributed by atoms with Crippen LogP contribution in [0.1, 0.15) is 30.5 Å². The lowest BCUT2D eigenvalue weighted by molar-refractivity contribution is -0.128. The molecule has 2 atom stereocenters. The highest BCUT2D eigenvalue weighted by molar-refractivity contribution is 6.32. The second kappa shape index (κ2) is 8.95. The summed E-state index contributed by atoms with van der Waals surface area (Å²) in [5.74, 6) is 1.24. The third-order valence-corrected chi connectivity index (χ3v) is 4.60. The molecule has 0 unspecified atom stereocenters. The molecule has 0 fully saturated rings. The van der Waals surface area contributed by atoms with Crippen molar-refractivity contribution in [2.45, 2.75) is 46.8 Å². The van der Waals surface area contributed by atoms with Crippen LogP contribution in [0.5, 0.6) is 11.5 Å². The SMILES string of the molecule is Cc1ccc(OC[C@@H](C)NC(=O)[C@H](C)Oc2cc(C)c(Cl)c(C)c2)cc1. The first-order chi connectivity index (χ1) is 12.3. The Bertz CT molecular complexity index is 735. The van der Waals surface area contributed by atoms with Crippen molar-refractivity contribution in [1.29, 1.82) is 0 Å². The van der Waals surface area contributed by atoms with Gasteiger partial charge >= 0.3 is 0 Å². The van der Waals surface area contributed by atoms with Gasteiger partial charge in [0.15, 0.2) is 6.10 Å². The minimum Gasteiger partial charge on any atom is -0.491 e. The van der Waals surface area contributed by atoms with Gasteiger partial charge in [-0.25, -0.2) is 0 Å². The van der Waals surface area contributed by atoms with E-state index in [4.69, 9.17) is 21.1 Å². The van der Waals surface area contributed by atoms with Gasteiger partial charge < -0.3 is 14.8 Å². The number of rotatable bonds is 7. The van der Waals surface area contributed by atoms with E-state index in [1.165, 1.54) is 5.56 Å². The van der Waals surface area contributed by atoms with Crippen LogP contribution < -0.4 is 14.8 Å². The van der Waals surface area contributed by atoms with Gasteiger partial charge in [-0.1, -0.05) is 29.3 Å². The maximum atomic E-state index is 12.3. The van der Waals surface area contributed by atoms with Gasteiger partial charge in [0.25, 0.3) is 5.91 Å². The number of carbonyl (C=O) groups is 1. The number of benzene rings is 2. The van der Waals surface area contributed by atoms with Gasteiger partial charge in [-0.15, -0.1) is 0 Å². The van der Waals surface area contributed by atoms with E-state index in [0.29, 0.717) is 12.4 Å². The largest absolute Gasteiger partial charge is 0.491 e. The van der Waals surface area contributed by atoms with Gasteiger partial charge in [0, 0.05) is 5.02 Å². The zero-order valence-corrected chi connectivity index (χ0v) is 16.7. The number of hydrogen-bond donors (Lipinski definition) is 1. The molecule has 2 rings (SSSR count). The van der Waals surface area contributed by atoms with Gasteiger partial charge in [0.2, 0.25) is 0 Å². The lowest BCUT2D eigenvalue weighted by Crippen LogP contribution is -2.43. The summed E-state index contributed by atoms with van der Waals surface area (Å²) in [6, 6.07) is 11.4. The molecule has 0 heterocycles. The van der Waals surface area contributed by atoms with Gasteiger partial charge in [-0.2, -0.15) is 0 Å². The maximum absolute atomic E-state index is 12.3. The summed E-state index contributed by atoms with van der Waals surface area (Å²) in [5, 5.41) is 3.63. The highest BCUT2D eigenvalue weighted by atomic mass is 35.5. The number of nitrogens with one attached hydrogen (secondary N) is 1. The summed E-state index contributed by atoms with van der Waals surface area (Å²) in [5.41, 5.74) is 3.03.